The van der Waals surface area contributed by atoms with Gasteiger partial charge in [0.25, 0.3) is 0 Å². The van der Waals surface area contributed by atoms with Crippen LogP contribution in [0, 0.1) is 0 Å². The molecule has 3 aliphatic rings. The Bertz CT molecular complexity index is 1310. The standard InChI is InChI=1S/C30H39N7O5/c1-30(41-2)27(32-17-24(26(38)39)36-29(40)42-18-20-7-4-3-5-8-20)33-19-34-28(30)37-15-12-21(13-16-37)23-11-10-22-9-6-14-31-25(22)35-23/h3-5,7-8,10-11,19,21,24,27,32H,6,9,12-18H2,1-2H3,(H,31,35)(H,36,40)(H,38,39)/t24-,27?,30?/m0/s1. The lowest BCUT2D eigenvalue weighted by atomic mass is 9.90. The zero-order valence-corrected chi connectivity index (χ0v) is 24.1. The Balaban J connectivity index is 1.17. The minimum Gasteiger partial charge on any atom is -0.480 e. The fraction of sp³-hybridized carbons (Fsp3) is 0.500. The molecule has 12 heteroatoms. The topological polar surface area (TPSA) is 150 Å². The van der Waals surface area contributed by atoms with Gasteiger partial charge in [-0.1, -0.05) is 36.4 Å². The van der Waals surface area contributed by atoms with Gasteiger partial charge in [0.05, 0.1) is 0 Å². The Labute approximate surface area is 245 Å². The van der Waals surface area contributed by atoms with Crippen LogP contribution in [0.1, 0.15) is 48.9 Å². The number of likely N-dealkylation sites (tertiary alicyclic amines) is 1. The molecule has 0 radical (unpaired) electrons. The van der Waals surface area contributed by atoms with Gasteiger partial charge in [-0.3, -0.25) is 10.3 Å². The Morgan fingerprint density at radius 1 is 1.19 bits per heavy atom. The van der Waals surface area contributed by atoms with Crippen molar-refractivity contribution in [2.45, 2.75) is 62.9 Å². The molecule has 12 nitrogen and oxygen atoms in total. The molecule has 1 saturated heterocycles. The van der Waals surface area contributed by atoms with Crippen LogP contribution in [-0.2, 0) is 27.3 Å². The molecule has 2 aromatic rings. The number of aromatic nitrogens is 1. The highest BCUT2D eigenvalue weighted by Gasteiger charge is 2.45. The van der Waals surface area contributed by atoms with Crippen molar-refractivity contribution in [2.24, 2.45) is 9.98 Å². The molecule has 4 N–H and O–H groups in total. The van der Waals surface area contributed by atoms with Gasteiger partial charge >= 0.3 is 12.1 Å². The summed E-state index contributed by atoms with van der Waals surface area (Å²) in [6.07, 6.45) is 4.11. The number of anilines is 1. The van der Waals surface area contributed by atoms with Crippen molar-refractivity contribution >= 4 is 30.1 Å². The molecule has 5 rings (SSSR count). The number of carbonyl (C=O) groups excluding carboxylic acids is 1. The molecule has 3 atom stereocenters. The number of nitrogens with one attached hydrogen (secondary N) is 3. The molecule has 1 aromatic carbocycles. The molecule has 3 aliphatic heterocycles. The lowest BCUT2D eigenvalue weighted by Crippen LogP contribution is -2.63. The molecular weight excluding hydrogens is 538 g/mol. The molecule has 1 aromatic heterocycles. The number of carboxylic acids is 1. The molecule has 42 heavy (non-hydrogen) atoms. The van der Waals surface area contributed by atoms with E-state index in [1.807, 2.05) is 37.3 Å². The number of alkyl carbamates (subject to hydrolysis) is 1. The van der Waals surface area contributed by atoms with Crippen LogP contribution in [0.5, 0.6) is 0 Å². The molecule has 2 unspecified atom stereocenters. The van der Waals surface area contributed by atoms with Crippen molar-refractivity contribution in [1.82, 2.24) is 20.5 Å². The summed E-state index contributed by atoms with van der Waals surface area (Å²) in [5.74, 6) is 0.923. The average molecular weight is 578 g/mol. The number of hydrogen-bond acceptors (Lipinski definition) is 10. The first-order valence-corrected chi connectivity index (χ1v) is 14.4. The number of fused-ring (bicyclic) bond motifs is 1. The van der Waals surface area contributed by atoms with Gasteiger partial charge in [0.15, 0.2) is 5.60 Å². The summed E-state index contributed by atoms with van der Waals surface area (Å²) >= 11 is 0. The number of pyridine rings is 1. The van der Waals surface area contributed by atoms with E-state index in [0.717, 1.165) is 68.2 Å². The number of methoxy groups -OCH3 is 1. The number of amides is 1. The fourth-order valence-corrected chi connectivity index (χ4v) is 5.69. The van der Waals surface area contributed by atoms with Crippen molar-refractivity contribution in [1.29, 1.82) is 0 Å². The first-order chi connectivity index (χ1) is 20.4. The van der Waals surface area contributed by atoms with Crippen molar-refractivity contribution in [3.05, 3.63) is 59.3 Å². The Morgan fingerprint density at radius 2 is 1.98 bits per heavy atom. The first kappa shape index (κ1) is 29.5. The monoisotopic (exact) mass is 577 g/mol. The lowest BCUT2D eigenvalue weighted by molar-refractivity contribution is -0.139. The van der Waals surface area contributed by atoms with Crippen LogP contribution in [-0.4, -0.2) is 90.3 Å². The Morgan fingerprint density at radius 3 is 2.71 bits per heavy atom. The first-order valence-electron chi connectivity index (χ1n) is 14.4. The second kappa shape index (κ2) is 13.3. The van der Waals surface area contributed by atoms with Gasteiger partial charge < -0.3 is 30.1 Å². The maximum absolute atomic E-state index is 12.3. The van der Waals surface area contributed by atoms with E-state index in [1.54, 1.807) is 7.11 Å². The van der Waals surface area contributed by atoms with Gasteiger partial charge in [0, 0.05) is 44.9 Å². The second-order valence-electron chi connectivity index (χ2n) is 11.0. The summed E-state index contributed by atoms with van der Waals surface area (Å²) in [6, 6.07) is 12.3. The van der Waals surface area contributed by atoms with Crippen molar-refractivity contribution < 1.29 is 24.2 Å². The van der Waals surface area contributed by atoms with Crippen LogP contribution in [0.4, 0.5) is 10.6 Å². The van der Waals surface area contributed by atoms with Gasteiger partial charge in [-0.15, -0.1) is 0 Å². The number of benzene rings is 1. The number of aliphatic imine (C=N–C) groups is 2. The van der Waals surface area contributed by atoms with Gasteiger partial charge in [-0.2, -0.15) is 0 Å². The molecule has 0 spiro atoms. The molecule has 0 saturated carbocycles. The number of piperidine rings is 1. The molecule has 0 aliphatic carbocycles. The van der Waals surface area contributed by atoms with Gasteiger partial charge in [0.2, 0.25) is 0 Å². The minimum absolute atomic E-state index is 0.0387. The summed E-state index contributed by atoms with van der Waals surface area (Å²) in [6.45, 7) is 4.36. The summed E-state index contributed by atoms with van der Waals surface area (Å²) in [5, 5.41) is 18.8. The molecule has 1 amide bonds. The summed E-state index contributed by atoms with van der Waals surface area (Å²) in [5.41, 5.74) is 2.26. The number of aryl methyl sites for hydroxylation is 1. The smallest absolute Gasteiger partial charge is 0.408 e. The van der Waals surface area contributed by atoms with Crippen LogP contribution in [0.25, 0.3) is 0 Å². The predicted octanol–water partition coefficient (Wildman–Crippen LogP) is 2.76. The van der Waals surface area contributed by atoms with Crippen molar-refractivity contribution in [3.63, 3.8) is 0 Å². The summed E-state index contributed by atoms with van der Waals surface area (Å²) in [4.78, 5) is 40.4. The van der Waals surface area contributed by atoms with Crippen LogP contribution in [0.3, 0.4) is 0 Å². The lowest BCUT2D eigenvalue weighted by Gasteiger charge is -2.44. The molecule has 4 heterocycles. The van der Waals surface area contributed by atoms with Gasteiger partial charge in [-0.05, 0) is 49.8 Å². The maximum atomic E-state index is 12.3. The van der Waals surface area contributed by atoms with Crippen LogP contribution in [0.15, 0.2) is 52.4 Å². The third kappa shape index (κ3) is 6.71. The van der Waals surface area contributed by atoms with E-state index in [-0.39, 0.29) is 13.2 Å². The van der Waals surface area contributed by atoms with E-state index < -0.39 is 29.9 Å². The zero-order chi connectivity index (χ0) is 29.5. The number of carbonyl (C=O) groups is 2. The number of aliphatic carboxylic acids is 1. The normalized spacial score (nSPS) is 22.9. The number of hydrogen-bond donors (Lipinski definition) is 4. The second-order valence-corrected chi connectivity index (χ2v) is 11.0. The number of nitrogens with zero attached hydrogens (tertiary/aromatic N) is 4. The van der Waals surface area contributed by atoms with Gasteiger partial charge in [0.1, 0.15) is 36.8 Å². The van der Waals surface area contributed by atoms with Crippen LogP contribution >= 0.6 is 0 Å². The highest BCUT2D eigenvalue weighted by Crippen LogP contribution is 2.32. The highest BCUT2D eigenvalue weighted by atomic mass is 16.5. The fourth-order valence-electron chi connectivity index (χ4n) is 5.69. The number of carboxylic acid groups (broad SMARTS) is 1. The highest BCUT2D eigenvalue weighted by molar-refractivity contribution is 5.97. The Hall–Kier alpha value is -4.03. The third-order valence-corrected chi connectivity index (χ3v) is 8.23. The molecule has 224 valence electrons. The largest absolute Gasteiger partial charge is 0.480 e. The van der Waals surface area contributed by atoms with E-state index in [0.29, 0.717) is 5.92 Å². The summed E-state index contributed by atoms with van der Waals surface area (Å²) < 4.78 is 11.2. The molecule has 1 fully saturated rings. The van der Waals surface area contributed by atoms with E-state index >= 15 is 0 Å². The number of amidine groups is 1. The molecular formula is C30H39N7O5. The maximum Gasteiger partial charge on any atom is 0.408 e. The third-order valence-electron chi connectivity index (χ3n) is 8.23. The van der Waals surface area contributed by atoms with Crippen LogP contribution < -0.4 is 16.0 Å². The molecule has 0 bridgehead atoms. The average Bonchev–Trinajstić information content (AvgIpc) is 3.02. The van der Waals surface area contributed by atoms with E-state index in [2.05, 4.69) is 43.0 Å². The predicted molar refractivity (Wildman–Crippen MR) is 159 cm³/mol. The van der Waals surface area contributed by atoms with Crippen molar-refractivity contribution in [2.75, 3.05) is 38.6 Å². The van der Waals surface area contributed by atoms with Crippen LogP contribution in [0.2, 0.25) is 0 Å². The van der Waals surface area contributed by atoms with Crippen molar-refractivity contribution in [3.8, 4) is 0 Å². The quantitative estimate of drug-likeness (QED) is 0.353. The minimum atomic E-state index is -1.23. The number of ether oxygens (including phenoxy) is 2. The number of rotatable bonds is 9. The van der Waals surface area contributed by atoms with E-state index in [9.17, 15) is 14.7 Å². The summed E-state index contributed by atoms with van der Waals surface area (Å²) in [7, 11) is 1.59. The van der Waals surface area contributed by atoms with Gasteiger partial charge in [-0.25, -0.2) is 19.6 Å². The van der Waals surface area contributed by atoms with E-state index in [1.165, 1.54) is 11.9 Å². The Kier molecular flexibility index (Phi) is 9.33. The SMILES string of the molecule is COC1(C)C(N2CCC(c3ccc4c(n3)NCCC4)CC2)=NC=NC1NC[C@H](NC(=O)OCc1ccccc1)C(=O)O. The zero-order valence-electron chi connectivity index (χ0n) is 24.1. The van der Waals surface area contributed by atoms with E-state index in [4.69, 9.17) is 14.5 Å².